The molecule has 2 aromatic rings. The third-order valence-corrected chi connectivity index (χ3v) is 5.10. The molecular formula is C22H22F3NO2. The van der Waals surface area contributed by atoms with Crippen LogP contribution in [0.3, 0.4) is 0 Å². The summed E-state index contributed by atoms with van der Waals surface area (Å²) < 4.78 is 38.7. The SMILES string of the molecule is C/C(=C\C(=O)O)c1ccc(C[C@H](C)N2C[C@@H]2c2cccc(C(F)(F)F)c2)cc1. The summed E-state index contributed by atoms with van der Waals surface area (Å²) in [6.45, 7) is 4.57. The number of carbonyl (C=O) groups is 1. The Bertz CT molecular complexity index is 887. The van der Waals surface area contributed by atoms with Gasteiger partial charge in [-0.1, -0.05) is 36.4 Å². The smallest absolute Gasteiger partial charge is 0.416 e. The molecule has 0 aromatic heterocycles. The van der Waals surface area contributed by atoms with E-state index < -0.39 is 17.7 Å². The van der Waals surface area contributed by atoms with Crippen molar-refractivity contribution in [3.8, 4) is 0 Å². The van der Waals surface area contributed by atoms with Crippen molar-refractivity contribution in [3.63, 3.8) is 0 Å². The molecule has 6 heteroatoms. The van der Waals surface area contributed by atoms with Crippen LogP contribution >= 0.6 is 0 Å². The van der Waals surface area contributed by atoms with Gasteiger partial charge in [0.05, 0.1) is 5.56 Å². The van der Waals surface area contributed by atoms with Crippen LogP contribution in [-0.4, -0.2) is 28.6 Å². The van der Waals surface area contributed by atoms with Gasteiger partial charge in [0.25, 0.3) is 0 Å². The highest BCUT2D eigenvalue weighted by Crippen LogP contribution is 2.40. The summed E-state index contributed by atoms with van der Waals surface area (Å²) in [5.41, 5.74) is 2.74. The van der Waals surface area contributed by atoms with E-state index in [4.69, 9.17) is 5.11 Å². The fraction of sp³-hybridized carbons (Fsp3) is 0.318. The number of carboxylic acid groups (broad SMARTS) is 1. The lowest BCUT2D eigenvalue weighted by Crippen LogP contribution is -2.18. The molecule has 0 spiro atoms. The zero-order chi connectivity index (χ0) is 20.5. The van der Waals surface area contributed by atoms with Gasteiger partial charge in [-0.05, 0) is 54.7 Å². The standard InChI is InChI=1S/C22H22F3NO2/c1-14(10-21(27)28)17-8-6-16(7-9-17)11-15(2)26-13-20(26)18-4-3-5-19(12-18)22(23,24)25/h3-10,12,15,20H,11,13H2,1-2H3,(H,27,28)/b14-10+/t15-,20+,26?/m0/s1. The lowest BCUT2D eigenvalue weighted by molar-refractivity contribution is -0.137. The van der Waals surface area contributed by atoms with Crippen LogP contribution in [0.5, 0.6) is 0 Å². The largest absolute Gasteiger partial charge is 0.478 e. The van der Waals surface area contributed by atoms with Crippen LogP contribution < -0.4 is 0 Å². The van der Waals surface area contributed by atoms with Crippen molar-refractivity contribution >= 4 is 11.5 Å². The maximum absolute atomic E-state index is 12.9. The van der Waals surface area contributed by atoms with Crippen molar-refractivity contribution in [3.05, 3.63) is 76.9 Å². The van der Waals surface area contributed by atoms with Crippen molar-refractivity contribution in [1.82, 2.24) is 4.90 Å². The Kier molecular flexibility index (Phi) is 5.61. The molecule has 1 fully saturated rings. The molecule has 28 heavy (non-hydrogen) atoms. The Morgan fingerprint density at radius 2 is 1.93 bits per heavy atom. The molecule has 1 saturated heterocycles. The van der Waals surface area contributed by atoms with Gasteiger partial charge in [-0.25, -0.2) is 4.79 Å². The summed E-state index contributed by atoms with van der Waals surface area (Å²) in [4.78, 5) is 12.9. The molecule has 0 aliphatic carbocycles. The molecule has 1 N–H and O–H groups in total. The highest BCUT2D eigenvalue weighted by Gasteiger charge is 2.40. The Balaban J connectivity index is 1.62. The molecule has 1 aliphatic rings. The molecule has 3 nitrogen and oxygen atoms in total. The first-order valence-corrected chi connectivity index (χ1v) is 9.08. The van der Waals surface area contributed by atoms with Gasteiger partial charge >= 0.3 is 12.1 Å². The number of aliphatic carboxylic acids is 1. The van der Waals surface area contributed by atoms with E-state index in [2.05, 4.69) is 11.8 Å². The van der Waals surface area contributed by atoms with Crippen molar-refractivity contribution < 1.29 is 23.1 Å². The minimum atomic E-state index is -4.32. The van der Waals surface area contributed by atoms with Gasteiger partial charge in [0.15, 0.2) is 0 Å². The van der Waals surface area contributed by atoms with E-state index in [1.54, 1.807) is 13.0 Å². The van der Waals surface area contributed by atoms with Gasteiger partial charge < -0.3 is 5.11 Å². The number of halogens is 3. The van der Waals surface area contributed by atoms with E-state index in [9.17, 15) is 18.0 Å². The predicted octanol–water partition coefficient (Wildman–Crippen LogP) is 5.18. The average Bonchev–Trinajstić information content (AvgIpc) is 3.42. The molecule has 0 bridgehead atoms. The molecule has 1 heterocycles. The van der Waals surface area contributed by atoms with Crippen LogP contribution in [0.4, 0.5) is 13.2 Å². The lowest BCUT2D eigenvalue weighted by atomic mass is 10.0. The number of alkyl halides is 3. The van der Waals surface area contributed by atoms with Gasteiger partial charge in [-0.2, -0.15) is 13.2 Å². The van der Waals surface area contributed by atoms with Gasteiger partial charge in [-0.3, -0.25) is 4.90 Å². The van der Waals surface area contributed by atoms with Crippen LogP contribution in [0.15, 0.2) is 54.6 Å². The van der Waals surface area contributed by atoms with Crippen molar-refractivity contribution in [2.75, 3.05) is 6.54 Å². The predicted molar refractivity (Wildman–Crippen MR) is 102 cm³/mol. The Morgan fingerprint density at radius 3 is 2.54 bits per heavy atom. The Hall–Kier alpha value is -2.60. The quantitative estimate of drug-likeness (QED) is 0.547. The molecule has 0 radical (unpaired) electrons. The molecule has 0 saturated carbocycles. The minimum absolute atomic E-state index is 0.0253. The van der Waals surface area contributed by atoms with Crippen molar-refractivity contribution in [2.24, 2.45) is 0 Å². The molecule has 0 amide bonds. The van der Waals surface area contributed by atoms with Crippen LogP contribution in [0, 0.1) is 0 Å². The normalized spacial score (nSPS) is 20.7. The summed E-state index contributed by atoms with van der Waals surface area (Å²) in [6.07, 6.45) is -2.37. The highest BCUT2D eigenvalue weighted by atomic mass is 19.4. The Labute approximate surface area is 162 Å². The minimum Gasteiger partial charge on any atom is -0.478 e. The molecule has 3 rings (SSSR count). The number of hydrogen-bond acceptors (Lipinski definition) is 2. The van der Waals surface area contributed by atoms with Gasteiger partial charge in [-0.15, -0.1) is 0 Å². The maximum Gasteiger partial charge on any atom is 0.416 e. The van der Waals surface area contributed by atoms with E-state index >= 15 is 0 Å². The lowest BCUT2D eigenvalue weighted by Gasteiger charge is -2.15. The second kappa shape index (κ2) is 7.80. The Morgan fingerprint density at radius 1 is 1.25 bits per heavy atom. The summed E-state index contributed by atoms with van der Waals surface area (Å²) >= 11 is 0. The third kappa shape index (κ3) is 4.81. The van der Waals surface area contributed by atoms with Crippen molar-refractivity contribution in [2.45, 2.75) is 38.5 Å². The van der Waals surface area contributed by atoms with Crippen LogP contribution in [-0.2, 0) is 17.4 Å². The topological polar surface area (TPSA) is 40.3 Å². The van der Waals surface area contributed by atoms with E-state index in [0.29, 0.717) is 11.1 Å². The third-order valence-electron chi connectivity index (χ3n) is 5.10. The fourth-order valence-electron chi connectivity index (χ4n) is 3.49. The van der Waals surface area contributed by atoms with Gasteiger partial charge in [0.2, 0.25) is 0 Å². The second-order valence-corrected chi connectivity index (χ2v) is 7.25. The second-order valence-electron chi connectivity index (χ2n) is 7.25. The van der Waals surface area contributed by atoms with Gasteiger partial charge in [0.1, 0.15) is 0 Å². The number of hydrogen-bond donors (Lipinski definition) is 1. The molecule has 2 aromatic carbocycles. The maximum atomic E-state index is 12.9. The van der Waals surface area contributed by atoms with Gasteiger partial charge in [0, 0.05) is 24.7 Å². The van der Waals surface area contributed by atoms with E-state index in [0.717, 1.165) is 30.2 Å². The average molecular weight is 389 g/mol. The van der Waals surface area contributed by atoms with Crippen LogP contribution in [0.1, 0.15) is 42.1 Å². The number of benzene rings is 2. The van der Waals surface area contributed by atoms with Crippen molar-refractivity contribution in [1.29, 1.82) is 0 Å². The molecular weight excluding hydrogens is 367 g/mol. The number of rotatable bonds is 6. The van der Waals surface area contributed by atoms with Crippen LogP contribution in [0.25, 0.3) is 5.57 Å². The zero-order valence-corrected chi connectivity index (χ0v) is 15.7. The summed E-state index contributed by atoms with van der Waals surface area (Å²) in [5, 5.41) is 8.82. The van der Waals surface area contributed by atoms with E-state index in [1.807, 2.05) is 24.3 Å². The number of carboxylic acids is 1. The highest BCUT2D eigenvalue weighted by molar-refractivity contribution is 5.89. The fourth-order valence-corrected chi connectivity index (χ4v) is 3.49. The monoisotopic (exact) mass is 389 g/mol. The summed E-state index contributed by atoms with van der Waals surface area (Å²) in [6, 6.07) is 13.5. The zero-order valence-electron chi connectivity index (χ0n) is 15.7. The molecule has 1 aliphatic heterocycles. The number of nitrogens with zero attached hydrogens (tertiary/aromatic N) is 1. The molecule has 148 valence electrons. The molecule has 3 atom stereocenters. The first kappa shape index (κ1) is 20.1. The summed E-state index contributed by atoms with van der Waals surface area (Å²) in [5.74, 6) is -0.975. The van der Waals surface area contributed by atoms with Crippen LogP contribution in [0.2, 0.25) is 0 Å². The number of allylic oxidation sites excluding steroid dienone is 1. The van der Waals surface area contributed by atoms with E-state index in [-0.39, 0.29) is 12.1 Å². The first-order valence-electron chi connectivity index (χ1n) is 9.08. The van der Waals surface area contributed by atoms with E-state index in [1.165, 1.54) is 18.2 Å². The molecule has 1 unspecified atom stereocenters. The first-order chi connectivity index (χ1) is 13.1. The summed E-state index contributed by atoms with van der Waals surface area (Å²) in [7, 11) is 0.